The van der Waals surface area contributed by atoms with Crippen molar-refractivity contribution in [2.24, 2.45) is 0 Å². The standard InChI is InChI=1S/C15H13BrClF2N/c1-20-15(11-8-10(16)3-5-13(11)18)7-9-2-4-14(19)12(17)6-9/h2-6,8,15,20H,7H2,1H3. The van der Waals surface area contributed by atoms with E-state index in [1.165, 1.54) is 12.1 Å². The molecule has 0 heterocycles. The third-order valence-corrected chi connectivity index (χ3v) is 3.89. The van der Waals surface area contributed by atoms with E-state index in [0.29, 0.717) is 12.0 Å². The van der Waals surface area contributed by atoms with Crippen LogP contribution < -0.4 is 5.32 Å². The maximum Gasteiger partial charge on any atom is 0.141 e. The van der Waals surface area contributed by atoms with Crippen molar-refractivity contribution in [1.29, 1.82) is 0 Å². The lowest BCUT2D eigenvalue weighted by Gasteiger charge is -2.18. The van der Waals surface area contributed by atoms with Crippen LogP contribution in [-0.4, -0.2) is 7.05 Å². The van der Waals surface area contributed by atoms with Crippen molar-refractivity contribution in [2.45, 2.75) is 12.5 Å². The number of hydrogen-bond acceptors (Lipinski definition) is 1. The van der Waals surface area contributed by atoms with Crippen molar-refractivity contribution in [3.05, 3.63) is 68.7 Å². The van der Waals surface area contributed by atoms with Crippen molar-refractivity contribution >= 4 is 27.5 Å². The van der Waals surface area contributed by atoms with E-state index in [9.17, 15) is 8.78 Å². The fourth-order valence-electron chi connectivity index (χ4n) is 2.05. The minimum absolute atomic E-state index is 0.0760. The van der Waals surface area contributed by atoms with Crippen LogP contribution in [-0.2, 0) is 6.42 Å². The predicted octanol–water partition coefficient (Wildman–Crippen LogP) is 4.88. The number of halogens is 4. The molecule has 20 heavy (non-hydrogen) atoms. The van der Waals surface area contributed by atoms with Gasteiger partial charge in [-0.1, -0.05) is 33.6 Å². The Labute approximate surface area is 130 Å². The molecule has 0 fully saturated rings. The average Bonchev–Trinajstić information content (AvgIpc) is 2.43. The van der Waals surface area contributed by atoms with Crippen LogP contribution in [0.5, 0.6) is 0 Å². The Balaban J connectivity index is 2.28. The first kappa shape index (κ1) is 15.4. The molecule has 0 amide bonds. The molecule has 2 rings (SSSR count). The predicted molar refractivity (Wildman–Crippen MR) is 81.0 cm³/mol. The smallest absolute Gasteiger partial charge is 0.141 e. The Morgan fingerprint density at radius 1 is 1.15 bits per heavy atom. The van der Waals surface area contributed by atoms with E-state index in [-0.39, 0.29) is 16.9 Å². The summed E-state index contributed by atoms with van der Waals surface area (Å²) < 4.78 is 27.9. The molecule has 106 valence electrons. The van der Waals surface area contributed by atoms with Gasteiger partial charge in [0.15, 0.2) is 0 Å². The fraction of sp³-hybridized carbons (Fsp3) is 0.200. The molecule has 0 aliphatic heterocycles. The summed E-state index contributed by atoms with van der Waals surface area (Å²) in [4.78, 5) is 0. The molecular formula is C15H13BrClF2N. The van der Waals surface area contributed by atoms with E-state index in [0.717, 1.165) is 10.0 Å². The van der Waals surface area contributed by atoms with E-state index in [2.05, 4.69) is 21.2 Å². The Morgan fingerprint density at radius 2 is 1.85 bits per heavy atom. The van der Waals surface area contributed by atoms with Crippen molar-refractivity contribution in [3.63, 3.8) is 0 Å². The first-order chi connectivity index (χ1) is 9.51. The van der Waals surface area contributed by atoms with Crippen LogP contribution in [0.25, 0.3) is 0 Å². The first-order valence-electron chi connectivity index (χ1n) is 6.07. The second-order valence-corrected chi connectivity index (χ2v) is 5.78. The normalized spacial score (nSPS) is 12.4. The van der Waals surface area contributed by atoms with E-state index >= 15 is 0 Å². The van der Waals surface area contributed by atoms with Crippen LogP contribution in [0.15, 0.2) is 40.9 Å². The third-order valence-electron chi connectivity index (χ3n) is 3.11. The summed E-state index contributed by atoms with van der Waals surface area (Å²) in [6, 6.07) is 9.14. The summed E-state index contributed by atoms with van der Waals surface area (Å²) in [5.41, 5.74) is 1.40. The number of rotatable bonds is 4. The van der Waals surface area contributed by atoms with Gasteiger partial charge in [0.1, 0.15) is 11.6 Å². The van der Waals surface area contributed by atoms with Gasteiger partial charge in [0, 0.05) is 16.1 Å². The Hall–Kier alpha value is -0.970. The van der Waals surface area contributed by atoms with Crippen LogP contribution in [0.4, 0.5) is 8.78 Å². The van der Waals surface area contributed by atoms with Crippen LogP contribution >= 0.6 is 27.5 Å². The van der Waals surface area contributed by atoms with Gasteiger partial charge in [0.2, 0.25) is 0 Å². The van der Waals surface area contributed by atoms with E-state index in [1.807, 2.05) is 0 Å². The Bertz CT molecular complexity index is 619. The summed E-state index contributed by atoms with van der Waals surface area (Å²) in [6.45, 7) is 0. The topological polar surface area (TPSA) is 12.0 Å². The number of hydrogen-bond donors (Lipinski definition) is 1. The highest BCUT2D eigenvalue weighted by atomic mass is 79.9. The molecule has 1 N–H and O–H groups in total. The quantitative estimate of drug-likeness (QED) is 0.819. The van der Waals surface area contributed by atoms with Crippen LogP contribution in [0.3, 0.4) is 0 Å². The number of benzene rings is 2. The second-order valence-electron chi connectivity index (χ2n) is 4.46. The molecule has 1 atom stereocenters. The zero-order chi connectivity index (χ0) is 14.7. The summed E-state index contributed by atoms with van der Waals surface area (Å²) >= 11 is 9.10. The lowest BCUT2D eigenvalue weighted by Crippen LogP contribution is -2.20. The molecule has 0 aliphatic carbocycles. The fourth-order valence-corrected chi connectivity index (χ4v) is 2.63. The van der Waals surface area contributed by atoms with Crippen molar-refractivity contribution < 1.29 is 8.78 Å². The molecule has 0 spiro atoms. The molecule has 1 unspecified atom stereocenters. The van der Waals surface area contributed by atoms with Crippen molar-refractivity contribution in [2.75, 3.05) is 7.05 Å². The van der Waals surface area contributed by atoms with Gasteiger partial charge in [-0.3, -0.25) is 0 Å². The monoisotopic (exact) mass is 359 g/mol. The van der Waals surface area contributed by atoms with E-state index in [1.54, 1.807) is 31.3 Å². The molecular weight excluding hydrogens is 348 g/mol. The van der Waals surface area contributed by atoms with Gasteiger partial charge >= 0.3 is 0 Å². The highest BCUT2D eigenvalue weighted by Crippen LogP contribution is 2.26. The molecule has 0 aromatic heterocycles. The average molecular weight is 361 g/mol. The van der Waals surface area contributed by atoms with Crippen molar-refractivity contribution in [1.82, 2.24) is 5.32 Å². The summed E-state index contributed by atoms with van der Waals surface area (Å²) in [5, 5.41) is 3.15. The largest absolute Gasteiger partial charge is 0.313 e. The Morgan fingerprint density at radius 3 is 2.50 bits per heavy atom. The second kappa shape index (κ2) is 6.66. The SMILES string of the molecule is CNC(Cc1ccc(F)c(Cl)c1)c1cc(Br)ccc1F. The van der Waals surface area contributed by atoms with Crippen LogP contribution in [0, 0.1) is 11.6 Å². The molecule has 5 heteroatoms. The van der Waals surface area contributed by atoms with Gasteiger partial charge in [0.25, 0.3) is 0 Å². The number of likely N-dealkylation sites (N-methyl/N-ethyl adjacent to an activating group) is 1. The summed E-state index contributed by atoms with van der Waals surface area (Å²) in [7, 11) is 1.76. The van der Waals surface area contributed by atoms with E-state index < -0.39 is 5.82 Å². The van der Waals surface area contributed by atoms with Crippen LogP contribution in [0.2, 0.25) is 5.02 Å². The summed E-state index contributed by atoms with van der Waals surface area (Å²) in [5.74, 6) is -0.731. The van der Waals surface area contributed by atoms with Gasteiger partial charge in [0.05, 0.1) is 5.02 Å². The van der Waals surface area contributed by atoms with Gasteiger partial charge in [-0.25, -0.2) is 8.78 Å². The van der Waals surface area contributed by atoms with Gasteiger partial charge in [-0.2, -0.15) is 0 Å². The van der Waals surface area contributed by atoms with Gasteiger partial charge in [-0.15, -0.1) is 0 Å². The maximum atomic E-state index is 13.9. The molecule has 2 aromatic carbocycles. The molecule has 0 radical (unpaired) electrons. The van der Waals surface area contributed by atoms with E-state index in [4.69, 9.17) is 11.6 Å². The molecule has 0 aliphatic rings. The minimum atomic E-state index is -0.454. The molecule has 2 aromatic rings. The molecule has 0 saturated heterocycles. The van der Waals surface area contributed by atoms with Gasteiger partial charge < -0.3 is 5.32 Å². The Kier molecular flexibility index (Phi) is 5.13. The molecule has 0 saturated carbocycles. The molecule has 0 bridgehead atoms. The first-order valence-corrected chi connectivity index (χ1v) is 7.24. The lowest BCUT2D eigenvalue weighted by atomic mass is 9.98. The zero-order valence-corrected chi connectivity index (χ0v) is 13.1. The van der Waals surface area contributed by atoms with Crippen molar-refractivity contribution in [3.8, 4) is 0 Å². The third kappa shape index (κ3) is 3.57. The number of nitrogens with one attached hydrogen (secondary N) is 1. The highest BCUT2D eigenvalue weighted by Gasteiger charge is 2.15. The zero-order valence-electron chi connectivity index (χ0n) is 10.8. The highest BCUT2D eigenvalue weighted by molar-refractivity contribution is 9.10. The molecule has 1 nitrogen and oxygen atoms in total. The van der Waals surface area contributed by atoms with Gasteiger partial charge in [-0.05, 0) is 49.4 Å². The minimum Gasteiger partial charge on any atom is -0.313 e. The summed E-state index contributed by atoms with van der Waals surface area (Å²) in [6.07, 6.45) is 0.518. The van der Waals surface area contributed by atoms with Crippen LogP contribution in [0.1, 0.15) is 17.2 Å². The maximum absolute atomic E-state index is 13.9. The lowest BCUT2D eigenvalue weighted by molar-refractivity contribution is 0.533.